The molecule has 116 valence electrons. The number of sulfonamides is 1. The molecule has 1 fully saturated rings. The van der Waals surface area contributed by atoms with Gasteiger partial charge in [-0.15, -0.1) is 0 Å². The van der Waals surface area contributed by atoms with Crippen molar-refractivity contribution in [1.82, 2.24) is 14.2 Å². The van der Waals surface area contributed by atoms with Crippen molar-refractivity contribution in [3.63, 3.8) is 0 Å². The zero-order valence-corrected chi connectivity index (χ0v) is 13.1. The van der Waals surface area contributed by atoms with Crippen LogP contribution in [0.2, 0.25) is 0 Å². The molecule has 0 aromatic carbocycles. The van der Waals surface area contributed by atoms with Gasteiger partial charge in [-0.25, -0.2) is 13.4 Å². The largest absolute Gasteiger partial charge is 0.370 e. The second kappa shape index (κ2) is 6.40. The van der Waals surface area contributed by atoms with Gasteiger partial charge in [-0.1, -0.05) is 0 Å². The Morgan fingerprint density at radius 2 is 2.14 bits per heavy atom. The summed E-state index contributed by atoms with van der Waals surface area (Å²) in [5.74, 6) is 0.328. The van der Waals surface area contributed by atoms with E-state index in [1.54, 1.807) is 11.9 Å². The fourth-order valence-electron chi connectivity index (χ4n) is 2.16. The number of carbonyl (C=O) groups is 1. The van der Waals surface area contributed by atoms with Gasteiger partial charge in [-0.2, -0.15) is 4.31 Å². The standard InChI is InChI=1S/C13H20N4O3S/c1-3-14-12-9-11(5-6-15-12)21(19,20)17-8-4-7-16(2)13(18)10-17/h5-6,9H,3-4,7-8,10H2,1-2H3,(H,14,15). The van der Waals surface area contributed by atoms with Gasteiger partial charge in [0, 0.05) is 38.9 Å². The Morgan fingerprint density at radius 3 is 2.86 bits per heavy atom. The second-order valence-corrected chi connectivity index (χ2v) is 6.85. The third-order valence-electron chi connectivity index (χ3n) is 3.37. The number of carbonyl (C=O) groups excluding carboxylic acids is 1. The van der Waals surface area contributed by atoms with Crippen LogP contribution in [0.4, 0.5) is 5.82 Å². The van der Waals surface area contributed by atoms with Crippen LogP contribution in [0.3, 0.4) is 0 Å². The minimum Gasteiger partial charge on any atom is -0.370 e. The Balaban J connectivity index is 2.28. The number of hydrogen-bond donors (Lipinski definition) is 1. The molecule has 1 N–H and O–H groups in total. The van der Waals surface area contributed by atoms with Gasteiger partial charge in [-0.3, -0.25) is 4.79 Å². The number of rotatable bonds is 4. The molecule has 1 aliphatic heterocycles. The van der Waals surface area contributed by atoms with Crippen LogP contribution < -0.4 is 5.32 Å². The van der Waals surface area contributed by atoms with Crippen molar-refractivity contribution in [3.8, 4) is 0 Å². The summed E-state index contributed by atoms with van der Waals surface area (Å²) >= 11 is 0. The van der Waals surface area contributed by atoms with E-state index >= 15 is 0 Å². The monoisotopic (exact) mass is 312 g/mol. The van der Waals surface area contributed by atoms with Crippen molar-refractivity contribution >= 4 is 21.7 Å². The lowest BCUT2D eigenvalue weighted by Gasteiger charge is -2.19. The first-order valence-corrected chi connectivity index (χ1v) is 8.33. The molecule has 2 rings (SSSR count). The van der Waals surface area contributed by atoms with Gasteiger partial charge in [0.25, 0.3) is 0 Å². The summed E-state index contributed by atoms with van der Waals surface area (Å²) in [6.45, 7) is 3.37. The average molecular weight is 312 g/mol. The zero-order chi connectivity index (χ0) is 15.5. The molecule has 0 unspecified atom stereocenters. The van der Waals surface area contributed by atoms with Gasteiger partial charge in [-0.05, 0) is 19.4 Å². The number of pyridine rings is 1. The van der Waals surface area contributed by atoms with Crippen molar-refractivity contribution < 1.29 is 13.2 Å². The highest BCUT2D eigenvalue weighted by Crippen LogP contribution is 2.19. The Hall–Kier alpha value is -1.67. The van der Waals surface area contributed by atoms with Crippen molar-refractivity contribution in [2.45, 2.75) is 18.2 Å². The molecule has 1 aliphatic rings. The van der Waals surface area contributed by atoms with Gasteiger partial charge in [0.05, 0.1) is 11.4 Å². The van der Waals surface area contributed by atoms with E-state index in [0.29, 0.717) is 31.9 Å². The number of hydrogen-bond acceptors (Lipinski definition) is 5. The first-order chi connectivity index (χ1) is 9.95. The molecule has 0 atom stereocenters. The predicted octanol–water partition coefficient (Wildman–Crippen LogP) is 0.366. The van der Waals surface area contributed by atoms with E-state index in [4.69, 9.17) is 0 Å². The van der Waals surface area contributed by atoms with Crippen LogP contribution in [0, 0.1) is 0 Å². The normalized spacial score (nSPS) is 17.6. The lowest BCUT2D eigenvalue weighted by atomic mass is 10.4. The third kappa shape index (κ3) is 3.51. The van der Waals surface area contributed by atoms with Crippen LogP contribution in [0.25, 0.3) is 0 Å². The van der Waals surface area contributed by atoms with Crippen molar-refractivity contribution in [1.29, 1.82) is 0 Å². The molecular weight excluding hydrogens is 292 g/mol. The van der Waals surface area contributed by atoms with E-state index in [9.17, 15) is 13.2 Å². The van der Waals surface area contributed by atoms with Crippen LogP contribution >= 0.6 is 0 Å². The van der Waals surface area contributed by atoms with E-state index in [1.807, 2.05) is 6.92 Å². The van der Waals surface area contributed by atoms with E-state index < -0.39 is 10.0 Å². The molecule has 1 aromatic heterocycles. The predicted molar refractivity (Wildman–Crippen MR) is 79.4 cm³/mol. The smallest absolute Gasteiger partial charge is 0.243 e. The lowest BCUT2D eigenvalue weighted by molar-refractivity contribution is -0.129. The summed E-state index contributed by atoms with van der Waals surface area (Å²) in [6.07, 6.45) is 2.09. The highest BCUT2D eigenvalue weighted by molar-refractivity contribution is 7.89. The number of likely N-dealkylation sites (N-methyl/N-ethyl adjacent to an activating group) is 1. The first-order valence-electron chi connectivity index (χ1n) is 6.89. The molecule has 1 amide bonds. The molecule has 0 aliphatic carbocycles. The minimum absolute atomic E-state index is 0.113. The summed E-state index contributed by atoms with van der Waals surface area (Å²) in [5, 5.41) is 2.98. The summed E-state index contributed by atoms with van der Waals surface area (Å²) in [5.41, 5.74) is 0. The average Bonchev–Trinajstić information content (AvgIpc) is 2.62. The number of anilines is 1. The topological polar surface area (TPSA) is 82.6 Å². The molecule has 7 nitrogen and oxygen atoms in total. The maximum Gasteiger partial charge on any atom is 0.243 e. The van der Waals surface area contributed by atoms with Gasteiger partial charge in [0.15, 0.2) is 0 Å². The lowest BCUT2D eigenvalue weighted by Crippen LogP contribution is -2.38. The van der Waals surface area contributed by atoms with E-state index in [1.165, 1.54) is 22.6 Å². The molecule has 0 saturated carbocycles. The van der Waals surface area contributed by atoms with Crippen LogP contribution in [0.15, 0.2) is 23.2 Å². The van der Waals surface area contributed by atoms with Crippen molar-refractivity contribution in [2.75, 3.05) is 38.5 Å². The molecule has 8 heteroatoms. The van der Waals surface area contributed by atoms with Gasteiger partial charge in [0.2, 0.25) is 15.9 Å². The van der Waals surface area contributed by atoms with Crippen LogP contribution in [-0.4, -0.2) is 61.7 Å². The highest BCUT2D eigenvalue weighted by Gasteiger charge is 2.29. The Kier molecular flexibility index (Phi) is 4.79. The Morgan fingerprint density at radius 1 is 1.38 bits per heavy atom. The molecule has 0 spiro atoms. The minimum atomic E-state index is -3.68. The van der Waals surface area contributed by atoms with Crippen LogP contribution in [0.1, 0.15) is 13.3 Å². The van der Waals surface area contributed by atoms with E-state index in [0.717, 1.165) is 0 Å². The van der Waals surface area contributed by atoms with Crippen LogP contribution in [0.5, 0.6) is 0 Å². The van der Waals surface area contributed by atoms with Gasteiger partial charge in [0.1, 0.15) is 5.82 Å². The maximum absolute atomic E-state index is 12.6. The molecule has 1 aromatic rings. The Labute approximate surface area is 125 Å². The van der Waals surface area contributed by atoms with Crippen LogP contribution in [-0.2, 0) is 14.8 Å². The quantitative estimate of drug-likeness (QED) is 0.868. The number of nitrogens with zero attached hydrogens (tertiary/aromatic N) is 3. The maximum atomic E-state index is 12.6. The van der Waals surface area contributed by atoms with Gasteiger partial charge < -0.3 is 10.2 Å². The molecule has 0 bridgehead atoms. The summed E-state index contributed by atoms with van der Waals surface area (Å²) in [7, 11) is -1.99. The fourth-order valence-corrected chi connectivity index (χ4v) is 3.60. The molecule has 0 radical (unpaired) electrons. The first kappa shape index (κ1) is 15.7. The molecule has 2 heterocycles. The number of aromatic nitrogens is 1. The van der Waals surface area contributed by atoms with E-state index in [-0.39, 0.29) is 17.3 Å². The highest BCUT2D eigenvalue weighted by atomic mass is 32.2. The number of amides is 1. The summed E-state index contributed by atoms with van der Waals surface area (Å²) < 4.78 is 26.5. The Bertz CT molecular complexity index is 618. The second-order valence-electron chi connectivity index (χ2n) is 4.91. The molecular formula is C13H20N4O3S. The third-order valence-corrected chi connectivity index (χ3v) is 5.21. The van der Waals surface area contributed by atoms with E-state index in [2.05, 4.69) is 10.3 Å². The summed E-state index contributed by atoms with van der Waals surface area (Å²) in [6, 6.07) is 2.95. The number of nitrogens with one attached hydrogen (secondary N) is 1. The van der Waals surface area contributed by atoms with Crippen molar-refractivity contribution in [3.05, 3.63) is 18.3 Å². The summed E-state index contributed by atoms with van der Waals surface area (Å²) in [4.78, 5) is 17.7. The fraction of sp³-hybridized carbons (Fsp3) is 0.538. The molecule has 1 saturated heterocycles. The zero-order valence-electron chi connectivity index (χ0n) is 12.2. The molecule has 21 heavy (non-hydrogen) atoms. The van der Waals surface area contributed by atoms with Crippen molar-refractivity contribution in [2.24, 2.45) is 0 Å². The van der Waals surface area contributed by atoms with Gasteiger partial charge >= 0.3 is 0 Å². The SMILES string of the molecule is CCNc1cc(S(=O)(=O)N2CCCN(C)C(=O)C2)ccn1.